The lowest BCUT2D eigenvalue weighted by atomic mass is 10.1. The molecule has 0 radical (unpaired) electrons. The fourth-order valence-electron chi connectivity index (χ4n) is 3.32. The number of aliphatic hydroxyl groups excluding tert-OH is 2. The lowest BCUT2D eigenvalue weighted by Gasteiger charge is -2.32. The molecule has 0 saturated carbocycles. The summed E-state index contributed by atoms with van der Waals surface area (Å²) in [7, 11) is 0. The van der Waals surface area contributed by atoms with Gasteiger partial charge in [0, 0.05) is 18.1 Å². The van der Waals surface area contributed by atoms with Crippen LogP contribution >= 0.6 is 11.6 Å². The van der Waals surface area contributed by atoms with Gasteiger partial charge in [-0.1, -0.05) is 23.7 Å². The first-order valence-electron chi connectivity index (χ1n) is 8.97. The summed E-state index contributed by atoms with van der Waals surface area (Å²) in [5.74, 6) is -0.612. The van der Waals surface area contributed by atoms with Crippen LogP contribution in [0.2, 0.25) is 5.02 Å². The first kappa shape index (κ1) is 20.3. The SMILES string of the molecule is CC(C(=O)N1c2ccc(Cl)cc2NC(=O)c2ccccc21)N(CCO)CCO. The molecule has 2 aromatic carbocycles. The van der Waals surface area contributed by atoms with E-state index in [4.69, 9.17) is 11.6 Å². The summed E-state index contributed by atoms with van der Waals surface area (Å²) < 4.78 is 0. The van der Waals surface area contributed by atoms with Crippen LogP contribution in [0.4, 0.5) is 17.1 Å². The summed E-state index contributed by atoms with van der Waals surface area (Å²) in [5.41, 5.74) is 1.77. The van der Waals surface area contributed by atoms with E-state index in [9.17, 15) is 19.8 Å². The minimum Gasteiger partial charge on any atom is -0.395 e. The van der Waals surface area contributed by atoms with E-state index in [0.29, 0.717) is 27.6 Å². The van der Waals surface area contributed by atoms with Crippen molar-refractivity contribution in [2.75, 3.05) is 36.5 Å². The third-order valence-electron chi connectivity index (χ3n) is 4.74. The van der Waals surface area contributed by atoms with E-state index in [1.165, 1.54) is 4.90 Å². The first-order valence-corrected chi connectivity index (χ1v) is 9.35. The Hall–Kier alpha value is -2.45. The molecule has 0 fully saturated rings. The highest BCUT2D eigenvalue weighted by Gasteiger charge is 2.33. The fourth-order valence-corrected chi connectivity index (χ4v) is 3.49. The maximum absolute atomic E-state index is 13.5. The molecule has 1 aliphatic rings. The smallest absolute Gasteiger partial charge is 0.257 e. The van der Waals surface area contributed by atoms with Crippen molar-refractivity contribution in [2.24, 2.45) is 0 Å². The molecular formula is C20H22ClN3O4. The number of hydrogen-bond acceptors (Lipinski definition) is 5. The van der Waals surface area contributed by atoms with Crippen LogP contribution in [0.15, 0.2) is 42.5 Å². The third kappa shape index (κ3) is 3.88. The Balaban J connectivity index is 2.11. The molecule has 8 heteroatoms. The summed E-state index contributed by atoms with van der Waals surface area (Å²) in [4.78, 5) is 29.4. The maximum atomic E-state index is 13.5. The number of anilines is 3. The van der Waals surface area contributed by atoms with Gasteiger partial charge in [-0.25, -0.2) is 0 Å². The average Bonchev–Trinajstić information content (AvgIpc) is 2.80. The number of nitrogens with one attached hydrogen (secondary N) is 1. The zero-order valence-electron chi connectivity index (χ0n) is 15.4. The monoisotopic (exact) mass is 403 g/mol. The van der Waals surface area contributed by atoms with Crippen molar-refractivity contribution in [2.45, 2.75) is 13.0 Å². The van der Waals surface area contributed by atoms with Gasteiger partial charge >= 0.3 is 0 Å². The lowest BCUT2D eigenvalue weighted by molar-refractivity contribution is -0.122. The van der Waals surface area contributed by atoms with Gasteiger partial charge in [0.05, 0.1) is 41.9 Å². The van der Waals surface area contributed by atoms with Crippen LogP contribution in [0, 0.1) is 0 Å². The van der Waals surface area contributed by atoms with Gasteiger partial charge in [-0.15, -0.1) is 0 Å². The van der Waals surface area contributed by atoms with Crippen molar-refractivity contribution in [3.63, 3.8) is 0 Å². The van der Waals surface area contributed by atoms with Crippen LogP contribution < -0.4 is 10.2 Å². The highest BCUT2D eigenvalue weighted by Crippen LogP contribution is 2.39. The molecule has 0 aliphatic carbocycles. The predicted molar refractivity (Wildman–Crippen MR) is 108 cm³/mol. The van der Waals surface area contributed by atoms with Gasteiger partial charge in [0.25, 0.3) is 5.91 Å². The zero-order valence-corrected chi connectivity index (χ0v) is 16.2. The number of aliphatic hydroxyl groups is 2. The molecule has 28 heavy (non-hydrogen) atoms. The van der Waals surface area contributed by atoms with E-state index in [-0.39, 0.29) is 38.1 Å². The molecule has 2 amide bonds. The number of amides is 2. The molecule has 1 atom stereocenters. The third-order valence-corrected chi connectivity index (χ3v) is 4.97. The number of carbonyl (C=O) groups is 2. The van der Waals surface area contributed by atoms with Crippen molar-refractivity contribution in [1.82, 2.24) is 4.90 Å². The molecule has 1 aliphatic heterocycles. The van der Waals surface area contributed by atoms with Gasteiger partial charge in [0.1, 0.15) is 0 Å². The molecule has 1 unspecified atom stereocenters. The van der Waals surface area contributed by atoms with Gasteiger partial charge < -0.3 is 15.5 Å². The topological polar surface area (TPSA) is 93.1 Å². The Kier molecular flexibility index (Phi) is 6.31. The quantitative estimate of drug-likeness (QED) is 0.687. The Labute approximate surface area is 168 Å². The summed E-state index contributed by atoms with van der Waals surface area (Å²) in [6.45, 7) is 1.92. The second-order valence-corrected chi connectivity index (χ2v) is 6.90. The highest BCUT2D eigenvalue weighted by atomic mass is 35.5. The number of halogens is 1. The Morgan fingerprint density at radius 3 is 2.50 bits per heavy atom. The van der Waals surface area contributed by atoms with Crippen molar-refractivity contribution in [1.29, 1.82) is 0 Å². The largest absolute Gasteiger partial charge is 0.395 e. The van der Waals surface area contributed by atoms with Crippen LogP contribution in [-0.4, -0.2) is 59.3 Å². The van der Waals surface area contributed by atoms with E-state index in [0.717, 1.165) is 0 Å². The molecule has 0 aromatic heterocycles. The Morgan fingerprint density at radius 2 is 1.82 bits per heavy atom. The summed E-state index contributed by atoms with van der Waals surface area (Å²) in [6.07, 6.45) is 0. The average molecular weight is 404 g/mol. The summed E-state index contributed by atoms with van der Waals surface area (Å²) >= 11 is 6.09. The van der Waals surface area contributed by atoms with Crippen molar-refractivity contribution >= 4 is 40.5 Å². The second-order valence-electron chi connectivity index (χ2n) is 6.47. The van der Waals surface area contributed by atoms with Crippen molar-refractivity contribution in [3.8, 4) is 0 Å². The van der Waals surface area contributed by atoms with Crippen LogP contribution in [0.1, 0.15) is 17.3 Å². The van der Waals surface area contributed by atoms with Gasteiger partial charge in [-0.3, -0.25) is 19.4 Å². The molecule has 148 valence electrons. The van der Waals surface area contributed by atoms with Gasteiger partial charge in [0.2, 0.25) is 5.91 Å². The fraction of sp³-hybridized carbons (Fsp3) is 0.300. The number of benzene rings is 2. The molecule has 7 nitrogen and oxygen atoms in total. The van der Waals surface area contributed by atoms with E-state index in [2.05, 4.69) is 5.32 Å². The first-order chi connectivity index (χ1) is 13.5. The van der Waals surface area contributed by atoms with Crippen LogP contribution in [0.5, 0.6) is 0 Å². The molecule has 0 saturated heterocycles. The van der Waals surface area contributed by atoms with Crippen LogP contribution in [0.3, 0.4) is 0 Å². The number of nitrogens with zero attached hydrogens (tertiary/aromatic N) is 2. The minimum atomic E-state index is -0.635. The van der Waals surface area contributed by atoms with E-state index in [1.807, 2.05) is 0 Å². The van der Waals surface area contributed by atoms with E-state index >= 15 is 0 Å². The Bertz CT molecular complexity index is 884. The van der Waals surface area contributed by atoms with Gasteiger partial charge in [-0.05, 0) is 37.3 Å². The van der Waals surface area contributed by atoms with Crippen LogP contribution in [-0.2, 0) is 4.79 Å². The van der Waals surface area contributed by atoms with Gasteiger partial charge in [0.15, 0.2) is 0 Å². The molecule has 2 aromatic rings. The normalized spacial score (nSPS) is 14.2. The highest BCUT2D eigenvalue weighted by molar-refractivity contribution is 6.31. The maximum Gasteiger partial charge on any atom is 0.257 e. The zero-order chi connectivity index (χ0) is 20.3. The number of para-hydroxylation sites is 1. The van der Waals surface area contributed by atoms with Crippen molar-refractivity contribution in [3.05, 3.63) is 53.1 Å². The van der Waals surface area contributed by atoms with Gasteiger partial charge in [-0.2, -0.15) is 0 Å². The van der Waals surface area contributed by atoms with E-state index in [1.54, 1.807) is 54.3 Å². The molecule has 3 rings (SSSR count). The van der Waals surface area contributed by atoms with Crippen molar-refractivity contribution < 1.29 is 19.8 Å². The molecule has 3 N–H and O–H groups in total. The van der Waals surface area contributed by atoms with Crippen LogP contribution in [0.25, 0.3) is 0 Å². The predicted octanol–water partition coefficient (Wildman–Crippen LogP) is 2.25. The lowest BCUT2D eigenvalue weighted by Crippen LogP contribution is -2.47. The summed E-state index contributed by atoms with van der Waals surface area (Å²) in [6, 6.07) is 11.2. The standard InChI is InChI=1S/C20H22ClN3O4/c1-13(23(8-10-25)9-11-26)20(28)24-17-5-3-2-4-15(17)19(27)22-16-12-14(21)6-7-18(16)24/h2-7,12-13,25-26H,8-11H2,1H3,(H,22,27). The van der Waals surface area contributed by atoms with E-state index < -0.39 is 6.04 Å². The summed E-state index contributed by atoms with van der Waals surface area (Å²) in [5, 5.41) is 21.9. The molecule has 0 spiro atoms. The minimum absolute atomic E-state index is 0.138. The molecular weight excluding hydrogens is 382 g/mol. The number of rotatable bonds is 6. The molecule has 0 bridgehead atoms. The number of carbonyl (C=O) groups excluding carboxylic acids is 2. The second kappa shape index (κ2) is 8.70. The number of hydrogen-bond donors (Lipinski definition) is 3. The number of fused-ring (bicyclic) bond motifs is 2. The Morgan fingerprint density at radius 1 is 1.14 bits per heavy atom. The molecule has 1 heterocycles.